The smallest absolute Gasteiger partial charge is 0.408 e. The van der Waals surface area contributed by atoms with Gasteiger partial charge in [0.2, 0.25) is 18.2 Å². The predicted octanol–water partition coefficient (Wildman–Crippen LogP) is 0.956. The van der Waals surface area contributed by atoms with Crippen LogP contribution in [0.15, 0.2) is 24.3 Å². The summed E-state index contributed by atoms with van der Waals surface area (Å²) in [5, 5.41) is 2.33. The number of esters is 5. The zero-order valence-corrected chi connectivity index (χ0v) is 26.9. The maximum Gasteiger partial charge on any atom is 0.408 e. The second kappa shape index (κ2) is 19.3. The molecular weight excluding hydrogens is 642 g/mol. The molecule has 1 heterocycles. The number of hydrogen-bond donors (Lipinski definition) is 1. The van der Waals surface area contributed by atoms with Gasteiger partial charge in [0.25, 0.3) is 0 Å². The minimum absolute atomic E-state index is 0.0318. The van der Waals surface area contributed by atoms with Crippen LogP contribution in [0.5, 0.6) is 5.75 Å². The fourth-order valence-electron chi connectivity index (χ4n) is 4.32. The van der Waals surface area contributed by atoms with Crippen LogP contribution in [0.4, 0.5) is 4.79 Å². The molecule has 1 amide bonds. The van der Waals surface area contributed by atoms with E-state index < -0.39 is 85.1 Å². The fourth-order valence-corrected chi connectivity index (χ4v) is 4.32. The Morgan fingerprint density at radius 3 is 2.02 bits per heavy atom. The largest absolute Gasteiger partial charge is 0.464 e. The van der Waals surface area contributed by atoms with Crippen molar-refractivity contribution < 1.29 is 76.2 Å². The van der Waals surface area contributed by atoms with E-state index in [1.165, 1.54) is 24.3 Å². The summed E-state index contributed by atoms with van der Waals surface area (Å²) in [5.41, 5.74) is 8.95. The average Bonchev–Trinajstić information content (AvgIpc) is 3.00. The number of nitrogens with zero attached hydrogens (tertiary/aromatic N) is 2. The first-order valence-electron chi connectivity index (χ1n) is 14.6. The number of benzene rings is 1. The Morgan fingerprint density at radius 2 is 1.46 bits per heavy atom. The third-order valence-electron chi connectivity index (χ3n) is 6.24. The second-order valence-electron chi connectivity index (χ2n) is 10.1. The van der Waals surface area contributed by atoms with Crippen LogP contribution in [0.1, 0.15) is 53.0 Å². The van der Waals surface area contributed by atoms with Crippen LogP contribution in [-0.4, -0.2) is 103 Å². The highest BCUT2D eigenvalue weighted by molar-refractivity contribution is 6.25. The van der Waals surface area contributed by atoms with Crippen molar-refractivity contribution in [3.8, 4) is 5.75 Å². The number of Topliss-reactive ketones (excluding diaryl/α,β-unsaturated/α-hetero) is 1. The molecule has 0 radical (unpaired) electrons. The number of amides is 1. The molecule has 18 heteroatoms. The monoisotopic (exact) mass is 679 g/mol. The molecule has 1 aromatic rings. The molecule has 1 N–H and O–H groups in total. The number of alkyl carbamates (subject to hydrolysis) is 1. The molecule has 1 aromatic carbocycles. The van der Waals surface area contributed by atoms with E-state index in [1.54, 1.807) is 6.92 Å². The Bertz CT molecular complexity index is 1380. The van der Waals surface area contributed by atoms with Gasteiger partial charge in [0.05, 0.1) is 6.61 Å². The van der Waals surface area contributed by atoms with Gasteiger partial charge in [-0.2, -0.15) is 4.79 Å². The molecule has 48 heavy (non-hydrogen) atoms. The number of rotatable bonds is 16. The summed E-state index contributed by atoms with van der Waals surface area (Å²) in [6.07, 6.45) is -7.51. The van der Waals surface area contributed by atoms with Gasteiger partial charge < -0.3 is 48.7 Å². The van der Waals surface area contributed by atoms with Crippen molar-refractivity contribution >= 4 is 47.9 Å². The summed E-state index contributed by atoms with van der Waals surface area (Å²) < 4.78 is 43.1. The van der Waals surface area contributed by atoms with E-state index in [4.69, 9.17) is 43.4 Å². The number of ketones is 1. The van der Waals surface area contributed by atoms with E-state index in [0.29, 0.717) is 11.8 Å². The van der Waals surface area contributed by atoms with Gasteiger partial charge in [-0.15, -0.1) is 0 Å². The third-order valence-corrected chi connectivity index (χ3v) is 6.24. The van der Waals surface area contributed by atoms with E-state index in [1.807, 2.05) is 0 Å². The summed E-state index contributed by atoms with van der Waals surface area (Å²) >= 11 is 0. The second-order valence-corrected chi connectivity index (χ2v) is 10.1. The van der Waals surface area contributed by atoms with Crippen LogP contribution in [0.25, 0.3) is 5.53 Å². The highest BCUT2D eigenvalue weighted by Gasteiger charge is 2.53. The first kappa shape index (κ1) is 38.8. The molecule has 2 rings (SSSR count). The highest BCUT2D eigenvalue weighted by Crippen LogP contribution is 2.31. The van der Waals surface area contributed by atoms with E-state index in [0.717, 1.165) is 27.7 Å². The number of hydrogen-bond acceptors (Lipinski definition) is 15. The molecule has 18 nitrogen and oxygen atoms in total. The molecule has 6 atom stereocenters. The molecule has 1 aliphatic rings. The predicted molar refractivity (Wildman–Crippen MR) is 157 cm³/mol. The number of nitrogens with one attached hydrogen (secondary N) is 1. The molecule has 1 fully saturated rings. The Labute approximate surface area is 274 Å². The van der Waals surface area contributed by atoms with Crippen molar-refractivity contribution in [2.24, 2.45) is 0 Å². The number of ether oxygens (including phenoxy) is 8. The van der Waals surface area contributed by atoms with Gasteiger partial charge in [0, 0.05) is 34.1 Å². The van der Waals surface area contributed by atoms with Crippen LogP contribution in [0, 0.1) is 0 Å². The lowest BCUT2D eigenvalue weighted by Gasteiger charge is -2.43. The van der Waals surface area contributed by atoms with E-state index in [-0.39, 0.29) is 31.8 Å². The summed E-state index contributed by atoms with van der Waals surface area (Å²) in [7, 11) is 0. The molecule has 0 aromatic heterocycles. The topological polar surface area (TPSA) is 242 Å². The zero-order chi connectivity index (χ0) is 35.8. The maximum absolute atomic E-state index is 12.4. The highest BCUT2D eigenvalue weighted by atomic mass is 16.7. The maximum atomic E-state index is 12.4. The lowest BCUT2D eigenvalue weighted by molar-refractivity contribution is -0.288. The first-order valence-corrected chi connectivity index (χ1v) is 14.6. The molecule has 1 aliphatic heterocycles. The van der Waals surface area contributed by atoms with Crippen molar-refractivity contribution in [2.75, 3.05) is 13.2 Å². The molecule has 262 valence electrons. The first-order chi connectivity index (χ1) is 22.7. The van der Waals surface area contributed by atoms with Gasteiger partial charge >= 0.3 is 42.2 Å². The SMILES string of the molecule is CCOC(=O)[C@H](CCC(=O)C=[N+]=[N-])NC(=O)OCc1ccc(O[C@H]2O[C@H](COC(C)=O)[C@H](OC(C)=O)[C@H](OC(C)=O)[C@H]2OC(C)=O)cc1. The molecule has 0 unspecified atom stereocenters. The summed E-state index contributed by atoms with van der Waals surface area (Å²) in [6.45, 7) is 5.36. The van der Waals surface area contributed by atoms with E-state index in [9.17, 15) is 33.6 Å². The fraction of sp³-hybridized carbons (Fsp3) is 0.533. The van der Waals surface area contributed by atoms with Gasteiger partial charge in [0.1, 0.15) is 31.1 Å². The molecule has 0 bridgehead atoms. The van der Waals surface area contributed by atoms with Crippen molar-refractivity contribution in [1.82, 2.24) is 5.32 Å². The number of carbonyl (C=O) groups is 7. The molecule has 0 saturated carbocycles. The Balaban J connectivity index is 2.18. The molecule has 1 saturated heterocycles. The Morgan fingerprint density at radius 1 is 0.854 bits per heavy atom. The third kappa shape index (κ3) is 13.2. The zero-order valence-electron chi connectivity index (χ0n) is 26.9. The minimum atomic E-state index is -1.45. The Hall–Kier alpha value is -5.35. The van der Waals surface area contributed by atoms with Crippen molar-refractivity contribution in [3.63, 3.8) is 0 Å². The lowest BCUT2D eigenvalue weighted by Crippen LogP contribution is -2.63. The van der Waals surface area contributed by atoms with Crippen LogP contribution < -0.4 is 10.1 Å². The van der Waals surface area contributed by atoms with Crippen LogP contribution >= 0.6 is 0 Å². The van der Waals surface area contributed by atoms with Gasteiger partial charge in [-0.3, -0.25) is 24.0 Å². The lowest BCUT2D eigenvalue weighted by atomic mass is 9.98. The van der Waals surface area contributed by atoms with Gasteiger partial charge in [-0.05, 0) is 31.0 Å². The van der Waals surface area contributed by atoms with Crippen LogP contribution in [0.2, 0.25) is 0 Å². The van der Waals surface area contributed by atoms with Crippen LogP contribution in [-0.2, 0) is 68.5 Å². The van der Waals surface area contributed by atoms with E-state index in [2.05, 4.69) is 10.1 Å². The summed E-state index contributed by atoms with van der Waals surface area (Å²) in [6, 6.07) is 4.75. The standard InChI is InChI=1S/C30H37N3O15/c1-6-41-28(39)23(12-9-21(38)13-32-31)33-30(40)43-14-20-7-10-22(11-8-20)47-29-27(46-19(5)37)26(45-18(4)36)25(44-17(3)35)24(48-29)15-42-16(2)34/h7-8,10-11,13,23-27,29H,6,9,12,14-15H2,1-5H3,(H,33,40)/t23-,24+,25-,26-,27+,29-/m0/s1. The van der Waals surface area contributed by atoms with Gasteiger partial charge in [-0.1, -0.05) is 12.1 Å². The normalized spacial score (nSPS) is 20.4. The van der Waals surface area contributed by atoms with Crippen molar-refractivity contribution in [2.45, 2.75) is 90.8 Å². The molecular formula is C30H37N3O15. The Kier molecular flexibility index (Phi) is 15.6. The summed E-state index contributed by atoms with van der Waals surface area (Å²) in [5.74, 6) is -4.25. The number of carbonyl (C=O) groups excluding carboxylic acids is 7. The van der Waals surface area contributed by atoms with Crippen molar-refractivity contribution in [3.05, 3.63) is 35.4 Å². The molecule has 0 aliphatic carbocycles. The van der Waals surface area contributed by atoms with Crippen molar-refractivity contribution in [1.29, 1.82) is 0 Å². The van der Waals surface area contributed by atoms with Gasteiger partial charge in [-0.25, -0.2) is 9.59 Å². The van der Waals surface area contributed by atoms with E-state index >= 15 is 0 Å². The molecule has 0 spiro atoms. The van der Waals surface area contributed by atoms with Crippen LogP contribution in [0.3, 0.4) is 0 Å². The quantitative estimate of drug-likeness (QED) is 0.0841. The average molecular weight is 680 g/mol. The minimum Gasteiger partial charge on any atom is -0.464 e. The summed E-state index contributed by atoms with van der Waals surface area (Å²) in [4.78, 5) is 86.3. The van der Waals surface area contributed by atoms with Gasteiger partial charge in [0.15, 0.2) is 12.2 Å².